The first-order valence-corrected chi connectivity index (χ1v) is 7.35. The summed E-state index contributed by atoms with van der Waals surface area (Å²) in [6.45, 7) is 5.20. The van der Waals surface area contributed by atoms with Crippen LogP contribution in [0.3, 0.4) is 0 Å². The van der Waals surface area contributed by atoms with Gasteiger partial charge in [-0.05, 0) is 12.8 Å². The van der Waals surface area contributed by atoms with Crippen LogP contribution in [0.5, 0.6) is 0 Å². The number of nitrogens with zero attached hydrogens (tertiary/aromatic N) is 3. The van der Waals surface area contributed by atoms with Crippen LogP contribution in [0.2, 0.25) is 0 Å². The Kier molecular flexibility index (Phi) is 4.98. The van der Waals surface area contributed by atoms with E-state index in [0.717, 1.165) is 29.9 Å². The van der Waals surface area contributed by atoms with Crippen molar-refractivity contribution in [2.24, 2.45) is 0 Å². The van der Waals surface area contributed by atoms with E-state index in [1.54, 1.807) is 18.1 Å². The molecule has 1 unspecified atom stereocenters. The zero-order chi connectivity index (χ0) is 13.7. The van der Waals surface area contributed by atoms with Gasteiger partial charge in [-0.2, -0.15) is 4.98 Å². The molecule has 1 atom stereocenters. The quantitative estimate of drug-likeness (QED) is 0.532. The van der Waals surface area contributed by atoms with Crippen LogP contribution in [-0.4, -0.2) is 43.4 Å². The van der Waals surface area contributed by atoms with Crippen LogP contribution in [-0.2, 0) is 0 Å². The molecule has 2 aromatic rings. The lowest BCUT2D eigenvalue weighted by atomic mass is 10.3. The highest BCUT2D eigenvalue weighted by Gasteiger charge is 2.13. The number of H-pyrrole nitrogens is 1. The number of hydrogen-bond acceptors (Lipinski definition) is 6. The van der Waals surface area contributed by atoms with Gasteiger partial charge in [0.15, 0.2) is 5.65 Å². The molecule has 19 heavy (non-hydrogen) atoms. The highest BCUT2D eigenvalue weighted by Crippen LogP contribution is 2.28. The second-order valence-electron chi connectivity index (χ2n) is 4.32. The number of fused-ring (bicyclic) bond motifs is 1. The molecule has 0 saturated heterocycles. The van der Waals surface area contributed by atoms with Gasteiger partial charge in [0, 0.05) is 18.4 Å². The summed E-state index contributed by atoms with van der Waals surface area (Å²) in [6, 6.07) is 0. The van der Waals surface area contributed by atoms with E-state index in [1.165, 1.54) is 0 Å². The van der Waals surface area contributed by atoms with Crippen molar-refractivity contribution < 1.29 is 5.11 Å². The van der Waals surface area contributed by atoms with Crippen molar-refractivity contribution in [3.63, 3.8) is 0 Å². The SMILES string of the molecule is CCCNc1nc(SC(C)CCO)c2[nH]cnc2n1. The number of rotatable bonds is 7. The number of anilines is 1. The number of aromatic nitrogens is 4. The molecule has 6 nitrogen and oxygen atoms in total. The number of aliphatic hydroxyl groups excluding tert-OH is 1. The summed E-state index contributed by atoms with van der Waals surface area (Å²) < 4.78 is 0. The van der Waals surface area contributed by atoms with Crippen LogP contribution < -0.4 is 5.32 Å². The predicted molar refractivity (Wildman–Crippen MR) is 77.5 cm³/mol. The van der Waals surface area contributed by atoms with E-state index in [1.807, 2.05) is 0 Å². The molecule has 0 aliphatic rings. The molecule has 0 amide bonds. The number of nitrogens with one attached hydrogen (secondary N) is 2. The minimum atomic E-state index is 0.187. The Bertz CT molecular complexity index is 530. The molecule has 3 N–H and O–H groups in total. The maximum absolute atomic E-state index is 8.98. The first-order chi connectivity index (χ1) is 9.24. The highest BCUT2D eigenvalue weighted by atomic mass is 32.2. The fraction of sp³-hybridized carbons (Fsp3) is 0.583. The number of hydrogen-bond donors (Lipinski definition) is 3. The van der Waals surface area contributed by atoms with E-state index in [0.29, 0.717) is 16.8 Å². The van der Waals surface area contributed by atoms with Gasteiger partial charge in [-0.1, -0.05) is 13.8 Å². The second-order valence-corrected chi connectivity index (χ2v) is 5.75. The van der Waals surface area contributed by atoms with Crippen molar-refractivity contribution in [2.45, 2.75) is 37.0 Å². The van der Waals surface area contributed by atoms with E-state index in [9.17, 15) is 0 Å². The molecule has 0 radical (unpaired) electrons. The molecule has 104 valence electrons. The third-order valence-electron chi connectivity index (χ3n) is 2.63. The summed E-state index contributed by atoms with van der Waals surface area (Å²) in [5.74, 6) is 0.611. The Labute approximate surface area is 116 Å². The monoisotopic (exact) mass is 281 g/mol. The highest BCUT2D eigenvalue weighted by molar-refractivity contribution is 8.00. The van der Waals surface area contributed by atoms with E-state index in [2.05, 4.69) is 39.1 Å². The van der Waals surface area contributed by atoms with Crippen molar-refractivity contribution in [3.05, 3.63) is 6.33 Å². The van der Waals surface area contributed by atoms with E-state index in [-0.39, 0.29) is 6.61 Å². The third-order valence-corrected chi connectivity index (χ3v) is 3.79. The van der Waals surface area contributed by atoms with Gasteiger partial charge in [-0.3, -0.25) is 0 Å². The molecule has 2 heterocycles. The number of thioether (sulfide) groups is 1. The predicted octanol–water partition coefficient (Wildman–Crippen LogP) is 2.04. The van der Waals surface area contributed by atoms with Crippen molar-refractivity contribution in [2.75, 3.05) is 18.5 Å². The Morgan fingerprint density at radius 1 is 1.47 bits per heavy atom. The number of aliphatic hydroxyl groups is 1. The van der Waals surface area contributed by atoms with E-state index >= 15 is 0 Å². The summed E-state index contributed by atoms with van der Waals surface area (Å²) in [7, 11) is 0. The van der Waals surface area contributed by atoms with E-state index in [4.69, 9.17) is 5.11 Å². The molecule has 0 bridgehead atoms. The summed E-state index contributed by atoms with van der Waals surface area (Å²) in [5, 5.41) is 13.3. The van der Waals surface area contributed by atoms with Gasteiger partial charge in [0.25, 0.3) is 0 Å². The lowest BCUT2D eigenvalue weighted by molar-refractivity contribution is 0.289. The van der Waals surface area contributed by atoms with Gasteiger partial charge in [-0.25, -0.2) is 9.97 Å². The molecular weight excluding hydrogens is 262 g/mol. The van der Waals surface area contributed by atoms with Crippen molar-refractivity contribution in [3.8, 4) is 0 Å². The number of imidazole rings is 1. The Morgan fingerprint density at radius 2 is 2.32 bits per heavy atom. The largest absolute Gasteiger partial charge is 0.396 e. The molecule has 0 spiro atoms. The van der Waals surface area contributed by atoms with Crippen LogP contribution in [0.4, 0.5) is 5.95 Å². The van der Waals surface area contributed by atoms with Gasteiger partial charge in [-0.15, -0.1) is 11.8 Å². The summed E-state index contributed by atoms with van der Waals surface area (Å²) in [5.41, 5.74) is 1.53. The minimum absolute atomic E-state index is 0.187. The van der Waals surface area contributed by atoms with Crippen LogP contribution in [0.25, 0.3) is 11.2 Å². The van der Waals surface area contributed by atoms with Gasteiger partial charge in [0.2, 0.25) is 5.95 Å². The summed E-state index contributed by atoms with van der Waals surface area (Å²) in [6.07, 6.45) is 3.39. The Morgan fingerprint density at radius 3 is 3.05 bits per heavy atom. The topological polar surface area (TPSA) is 86.7 Å². The maximum Gasteiger partial charge on any atom is 0.225 e. The smallest absolute Gasteiger partial charge is 0.225 e. The minimum Gasteiger partial charge on any atom is -0.396 e. The van der Waals surface area contributed by atoms with Crippen LogP contribution in [0.1, 0.15) is 26.7 Å². The zero-order valence-corrected chi connectivity index (χ0v) is 12.0. The zero-order valence-electron chi connectivity index (χ0n) is 11.2. The van der Waals surface area contributed by atoms with Gasteiger partial charge < -0.3 is 15.4 Å². The van der Waals surface area contributed by atoms with Gasteiger partial charge in [0.1, 0.15) is 10.5 Å². The first-order valence-electron chi connectivity index (χ1n) is 6.47. The lowest BCUT2D eigenvalue weighted by Crippen LogP contribution is -2.06. The van der Waals surface area contributed by atoms with Crippen molar-refractivity contribution in [1.82, 2.24) is 19.9 Å². The Hall–Kier alpha value is -1.34. The number of aromatic amines is 1. The lowest BCUT2D eigenvalue weighted by Gasteiger charge is -2.10. The summed E-state index contributed by atoms with van der Waals surface area (Å²) >= 11 is 1.63. The molecule has 2 aromatic heterocycles. The third kappa shape index (κ3) is 3.57. The van der Waals surface area contributed by atoms with Crippen LogP contribution >= 0.6 is 11.8 Å². The average molecular weight is 281 g/mol. The molecule has 2 rings (SSSR count). The molecular formula is C12H19N5OS. The standard InChI is InChI=1S/C12H19N5OS/c1-3-5-13-12-16-10-9(14-7-15-10)11(17-12)19-8(2)4-6-18/h7-8,18H,3-6H2,1-2H3,(H2,13,14,15,16,17). The van der Waals surface area contributed by atoms with Crippen LogP contribution in [0.15, 0.2) is 11.4 Å². The average Bonchev–Trinajstić information content (AvgIpc) is 2.85. The molecule has 0 aromatic carbocycles. The maximum atomic E-state index is 8.98. The molecule has 0 aliphatic carbocycles. The van der Waals surface area contributed by atoms with Gasteiger partial charge in [0.05, 0.1) is 6.33 Å². The van der Waals surface area contributed by atoms with Crippen molar-refractivity contribution in [1.29, 1.82) is 0 Å². The van der Waals surface area contributed by atoms with E-state index < -0.39 is 0 Å². The Balaban J connectivity index is 2.25. The molecule has 0 aliphatic heterocycles. The fourth-order valence-electron chi connectivity index (χ4n) is 1.64. The molecule has 0 saturated carbocycles. The van der Waals surface area contributed by atoms with Crippen molar-refractivity contribution >= 4 is 28.9 Å². The van der Waals surface area contributed by atoms with Gasteiger partial charge >= 0.3 is 0 Å². The normalized spacial score (nSPS) is 12.8. The molecule has 7 heteroatoms. The fourth-order valence-corrected chi connectivity index (χ4v) is 2.65. The summed E-state index contributed by atoms with van der Waals surface area (Å²) in [4.78, 5) is 16.1. The second kappa shape index (κ2) is 6.72. The van der Waals surface area contributed by atoms with Crippen LogP contribution in [0, 0.1) is 0 Å². The molecule has 0 fully saturated rings. The first kappa shape index (κ1) is 14.1.